The summed E-state index contributed by atoms with van der Waals surface area (Å²) < 4.78 is 10.7. The van der Waals surface area contributed by atoms with Gasteiger partial charge in [0.1, 0.15) is 17.7 Å². The Kier molecular flexibility index (Phi) is 13.2. The number of aliphatic carboxylic acids is 1. The van der Waals surface area contributed by atoms with Crippen LogP contribution in [-0.4, -0.2) is 79.6 Å². The summed E-state index contributed by atoms with van der Waals surface area (Å²) in [5, 5.41) is 17.9. The molecule has 0 bridgehead atoms. The summed E-state index contributed by atoms with van der Waals surface area (Å²) in [6.07, 6.45) is -0.113. The second kappa shape index (κ2) is 14.4. The van der Waals surface area contributed by atoms with Gasteiger partial charge < -0.3 is 30.1 Å². The lowest BCUT2D eigenvalue weighted by atomic mass is 9.84. The van der Waals surface area contributed by atoms with Gasteiger partial charge in [-0.05, 0) is 66.1 Å². The fourth-order valence-corrected chi connectivity index (χ4v) is 2.84. The van der Waals surface area contributed by atoms with Crippen molar-refractivity contribution in [3.8, 4) is 0 Å². The first-order valence-electron chi connectivity index (χ1n) is 11.0. The van der Waals surface area contributed by atoms with E-state index in [1.54, 1.807) is 20.8 Å². The first-order chi connectivity index (χ1) is 15.2. The molecule has 0 aromatic heterocycles. The van der Waals surface area contributed by atoms with E-state index >= 15 is 0 Å². The summed E-state index contributed by atoms with van der Waals surface area (Å²) in [6.45, 7) is 9.99. The van der Waals surface area contributed by atoms with Crippen molar-refractivity contribution in [2.24, 2.45) is 10.5 Å². The molecule has 0 spiro atoms. The normalized spacial score (nSPS) is 13.5. The number of hydrogen-bond acceptors (Lipinski definition) is 7. The van der Waals surface area contributed by atoms with E-state index in [9.17, 15) is 19.5 Å². The van der Waals surface area contributed by atoms with E-state index in [2.05, 4.69) is 20.7 Å². The molecule has 0 aliphatic heterocycles. The number of unbranched alkanes of at least 4 members (excludes halogenated alkanes) is 1. The largest absolute Gasteiger partial charge is 0.480 e. The molecule has 0 fully saturated rings. The fourth-order valence-electron chi connectivity index (χ4n) is 2.84. The molecule has 0 heterocycles. The molecule has 0 aliphatic rings. The highest BCUT2D eigenvalue weighted by Gasteiger charge is 2.32. The third-order valence-electron chi connectivity index (χ3n) is 4.68. The maximum Gasteiger partial charge on any atom is 0.408 e. The van der Waals surface area contributed by atoms with Gasteiger partial charge in [-0.1, -0.05) is 19.0 Å². The van der Waals surface area contributed by atoms with E-state index < -0.39 is 41.3 Å². The minimum atomic E-state index is -1.15. The molecule has 2 amide bonds. The van der Waals surface area contributed by atoms with Crippen LogP contribution in [0.2, 0.25) is 0 Å². The summed E-state index contributed by atoms with van der Waals surface area (Å²) >= 11 is 0. The Hall–Kier alpha value is -2.72. The zero-order valence-corrected chi connectivity index (χ0v) is 20.9. The minimum absolute atomic E-state index is 0.190. The fraction of sp³-hybridized carbons (Fsp3) is 0.857. The van der Waals surface area contributed by atoms with E-state index in [1.807, 2.05) is 32.8 Å². The van der Waals surface area contributed by atoms with Crippen molar-refractivity contribution in [2.45, 2.75) is 78.0 Å². The van der Waals surface area contributed by atoms with Gasteiger partial charge in [-0.3, -0.25) is 0 Å². The lowest BCUT2D eigenvalue weighted by molar-refractivity contribution is -0.139. The first kappa shape index (κ1) is 30.3. The molecule has 1 unspecified atom stereocenters. The second-order valence-corrected chi connectivity index (χ2v) is 9.82. The Morgan fingerprint density at radius 2 is 1.73 bits per heavy atom. The van der Waals surface area contributed by atoms with Gasteiger partial charge in [0.25, 0.3) is 0 Å². The molecule has 190 valence electrons. The number of hydrogen-bond donors (Lipinski definition) is 3. The average molecular weight is 473 g/mol. The summed E-state index contributed by atoms with van der Waals surface area (Å²) in [6, 6.07) is -1.08. The summed E-state index contributed by atoms with van der Waals surface area (Å²) in [5.74, 6) is -1.15. The van der Waals surface area contributed by atoms with Crippen LogP contribution >= 0.6 is 0 Å². The second-order valence-electron chi connectivity index (χ2n) is 9.82. The molecule has 0 saturated heterocycles. The molecule has 12 heteroatoms. The van der Waals surface area contributed by atoms with Crippen LogP contribution in [-0.2, 0) is 14.3 Å². The predicted octanol–water partition coefficient (Wildman–Crippen LogP) is 3.52. The molecule has 0 aromatic rings. The summed E-state index contributed by atoms with van der Waals surface area (Å²) in [5.41, 5.74) is 7.35. The van der Waals surface area contributed by atoms with Gasteiger partial charge in [0.05, 0.1) is 0 Å². The number of azide groups is 1. The predicted molar refractivity (Wildman–Crippen MR) is 124 cm³/mol. The Labute approximate surface area is 196 Å². The third-order valence-corrected chi connectivity index (χ3v) is 4.68. The number of carbonyl (C=O) groups excluding carboxylic acids is 2. The van der Waals surface area contributed by atoms with Gasteiger partial charge in [0, 0.05) is 30.0 Å². The van der Waals surface area contributed by atoms with Crippen LogP contribution in [0.1, 0.15) is 60.3 Å². The van der Waals surface area contributed by atoms with Gasteiger partial charge in [-0.2, -0.15) is 0 Å². The molecule has 0 aliphatic carbocycles. The van der Waals surface area contributed by atoms with Gasteiger partial charge in [0.15, 0.2) is 0 Å². The lowest BCUT2D eigenvalue weighted by Crippen LogP contribution is -2.43. The highest BCUT2D eigenvalue weighted by atomic mass is 16.6. The average Bonchev–Trinajstić information content (AvgIpc) is 2.66. The van der Waals surface area contributed by atoms with Crippen molar-refractivity contribution in [2.75, 3.05) is 33.7 Å². The smallest absolute Gasteiger partial charge is 0.408 e. The monoisotopic (exact) mass is 472 g/mol. The highest BCUT2D eigenvalue weighted by Crippen LogP contribution is 2.27. The molecule has 3 N–H and O–H groups in total. The molecular formula is C21H40N6O6. The van der Waals surface area contributed by atoms with Gasteiger partial charge in [-0.15, -0.1) is 0 Å². The van der Waals surface area contributed by atoms with E-state index in [4.69, 9.17) is 15.0 Å². The molecule has 0 radical (unpaired) electrons. The highest BCUT2D eigenvalue weighted by molar-refractivity contribution is 5.79. The number of carbonyl (C=O) groups is 3. The number of carboxylic acid groups (broad SMARTS) is 1. The molecule has 33 heavy (non-hydrogen) atoms. The number of carboxylic acids is 1. The van der Waals surface area contributed by atoms with Crippen LogP contribution in [0, 0.1) is 5.41 Å². The molecule has 0 aromatic carbocycles. The number of alkyl carbamates (subject to hydrolysis) is 2. The Morgan fingerprint density at radius 3 is 2.24 bits per heavy atom. The Bertz CT molecular complexity index is 685. The standard InChI is InChI=1S/C21H40N6O6/c1-20(2,3)33-19(31)25-15(17(28)29)10-8-9-12-23-18(30)32-16(11-13-27(6)7)21(4,5)14-24-26-22/h15-16H,8-14H2,1-7H3,(H,23,30)(H,25,31)(H,28,29)/t15-,16?/m0/s1. The molecule has 0 saturated carbocycles. The van der Waals surface area contributed by atoms with Crippen LogP contribution in [0.25, 0.3) is 10.4 Å². The molecule has 12 nitrogen and oxygen atoms in total. The van der Waals surface area contributed by atoms with Crippen molar-refractivity contribution >= 4 is 18.2 Å². The third kappa shape index (κ3) is 14.9. The number of ether oxygens (including phenoxy) is 2. The number of amides is 2. The van der Waals surface area contributed by atoms with Crippen LogP contribution in [0.5, 0.6) is 0 Å². The first-order valence-corrected chi connectivity index (χ1v) is 11.0. The van der Waals surface area contributed by atoms with E-state index in [0.29, 0.717) is 25.8 Å². The summed E-state index contributed by atoms with van der Waals surface area (Å²) in [4.78, 5) is 40.2. The van der Waals surface area contributed by atoms with E-state index in [-0.39, 0.29) is 19.5 Å². The maximum atomic E-state index is 12.3. The molecule has 0 rings (SSSR count). The topological polar surface area (TPSA) is 166 Å². The molecular weight excluding hydrogens is 432 g/mol. The van der Waals surface area contributed by atoms with Crippen LogP contribution in [0.4, 0.5) is 9.59 Å². The summed E-state index contributed by atoms with van der Waals surface area (Å²) in [7, 11) is 3.83. The Morgan fingerprint density at radius 1 is 1.09 bits per heavy atom. The van der Waals surface area contributed by atoms with Gasteiger partial charge >= 0.3 is 18.2 Å². The van der Waals surface area contributed by atoms with Crippen molar-refractivity contribution in [1.29, 1.82) is 0 Å². The van der Waals surface area contributed by atoms with Crippen molar-refractivity contribution in [3.63, 3.8) is 0 Å². The Balaban J connectivity index is 4.58. The molecule has 2 atom stereocenters. The number of nitrogens with one attached hydrogen (secondary N) is 2. The van der Waals surface area contributed by atoms with E-state index in [0.717, 1.165) is 0 Å². The quantitative estimate of drug-likeness (QED) is 0.150. The van der Waals surface area contributed by atoms with Gasteiger partial charge in [0.2, 0.25) is 0 Å². The lowest BCUT2D eigenvalue weighted by Gasteiger charge is -2.33. The van der Waals surface area contributed by atoms with E-state index in [1.165, 1.54) is 0 Å². The maximum absolute atomic E-state index is 12.3. The zero-order valence-electron chi connectivity index (χ0n) is 20.9. The van der Waals surface area contributed by atoms with Crippen molar-refractivity contribution in [1.82, 2.24) is 15.5 Å². The van der Waals surface area contributed by atoms with Crippen LogP contribution < -0.4 is 10.6 Å². The van der Waals surface area contributed by atoms with Crippen LogP contribution in [0.3, 0.4) is 0 Å². The van der Waals surface area contributed by atoms with Crippen molar-refractivity contribution < 1.29 is 29.0 Å². The SMILES string of the molecule is CN(C)CCC(OC(=O)NCCCC[C@H](NC(=O)OC(C)(C)C)C(=O)O)C(C)(C)CN=[N+]=[N-]. The minimum Gasteiger partial charge on any atom is -0.480 e. The van der Waals surface area contributed by atoms with Crippen molar-refractivity contribution in [3.05, 3.63) is 10.4 Å². The number of rotatable bonds is 14. The number of nitrogens with zero attached hydrogens (tertiary/aromatic N) is 4. The zero-order chi connectivity index (χ0) is 25.7. The van der Waals surface area contributed by atoms with Gasteiger partial charge in [-0.25, -0.2) is 14.4 Å². The van der Waals surface area contributed by atoms with Crippen LogP contribution in [0.15, 0.2) is 5.11 Å².